The van der Waals surface area contributed by atoms with Gasteiger partial charge in [0.05, 0.1) is 19.0 Å². The highest BCUT2D eigenvalue weighted by molar-refractivity contribution is 7.18. The molecule has 166 valence electrons. The maximum atomic E-state index is 12.8. The van der Waals surface area contributed by atoms with E-state index in [0.717, 1.165) is 35.0 Å². The van der Waals surface area contributed by atoms with Crippen molar-refractivity contribution in [2.45, 2.75) is 45.9 Å². The summed E-state index contributed by atoms with van der Waals surface area (Å²) in [5, 5.41) is 0.748. The molecule has 0 unspecified atom stereocenters. The van der Waals surface area contributed by atoms with Gasteiger partial charge in [0.15, 0.2) is 11.5 Å². The Morgan fingerprint density at radius 1 is 1.32 bits per heavy atom. The molecule has 2 aromatic heterocycles. The molecule has 31 heavy (non-hydrogen) atoms. The molecule has 1 aliphatic rings. The highest BCUT2D eigenvalue weighted by Gasteiger charge is 2.23. The third kappa shape index (κ3) is 4.72. The molecule has 1 N–H and O–H groups in total. The van der Waals surface area contributed by atoms with Crippen molar-refractivity contribution in [1.29, 1.82) is 0 Å². The summed E-state index contributed by atoms with van der Waals surface area (Å²) in [4.78, 5) is 24.5. The summed E-state index contributed by atoms with van der Waals surface area (Å²) in [6.07, 6.45) is 3.05. The van der Waals surface area contributed by atoms with E-state index in [4.69, 9.17) is 9.72 Å². The van der Waals surface area contributed by atoms with Crippen molar-refractivity contribution in [3.8, 4) is 11.5 Å². The Balaban J connectivity index is 1.51. The van der Waals surface area contributed by atoms with Crippen LogP contribution >= 0.6 is 11.3 Å². The number of benzene rings is 1. The molecule has 4 rings (SSSR count). The van der Waals surface area contributed by atoms with Crippen LogP contribution in [0.2, 0.25) is 0 Å². The van der Waals surface area contributed by atoms with Crippen molar-refractivity contribution in [2.75, 3.05) is 14.2 Å². The minimum absolute atomic E-state index is 0.00340. The molecule has 1 atom stereocenters. The maximum absolute atomic E-state index is 12.8. The molecule has 0 amide bonds. The zero-order valence-corrected chi connectivity index (χ0v) is 18.5. The molecule has 0 saturated carbocycles. The fourth-order valence-corrected chi connectivity index (χ4v) is 5.50. The molecule has 0 saturated heterocycles. The summed E-state index contributed by atoms with van der Waals surface area (Å²) in [5.41, 5.74) is 1.96. The Bertz CT molecular complexity index is 1140. The van der Waals surface area contributed by atoms with Crippen LogP contribution in [0, 0.1) is 5.92 Å². The minimum atomic E-state index is -2.91. The van der Waals surface area contributed by atoms with Crippen molar-refractivity contribution in [2.24, 2.45) is 5.92 Å². The first-order valence-corrected chi connectivity index (χ1v) is 11.0. The summed E-state index contributed by atoms with van der Waals surface area (Å²) in [6.45, 7) is 0.297. The second kappa shape index (κ2) is 8.92. The molecule has 9 heteroatoms. The van der Waals surface area contributed by atoms with Gasteiger partial charge in [0.25, 0.3) is 5.56 Å². The number of alkyl halides is 2. The normalized spacial score (nSPS) is 16.2. The van der Waals surface area contributed by atoms with E-state index >= 15 is 0 Å². The Kier molecular flexibility index (Phi) is 6.24. The van der Waals surface area contributed by atoms with Crippen molar-refractivity contribution in [1.82, 2.24) is 14.9 Å². The average Bonchev–Trinajstić information content (AvgIpc) is 3.06. The number of fused-ring (bicyclic) bond motifs is 3. The van der Waals surface area contributed by atoms with Crippen LogP contribution < -0.4 is 15.0 Å². The van der Waals surface area contributed by atoms with Crippen LogP contribution in [0.3, 0.4) is 0 Å². The van der Waals surface area contributed by atoms with Gasteiger partial charge in [0.2, 0.25) is 0 Å². The minimum Gasteiger partial charge on any atom is -0.493 e. The smallest absolute Gasteiger partial charge is 0.387 e. The lowest BCUT2D eigenvalue weighted by molar-refractivity contribution is -0.0512. The van der Waals surface area contributed by atoms with Gasteiger partial charge in [-0.3, -0.25) is 9.69 Å². The number of hydrogen-bond donors (Lipinski definition) is 1. The summed E-state index contributed by atoms with van der Waals surface area (Å²) in [6, 6.07) is 4.85. The molecule has 0 radical (unpaired) electrons. The Morgan fingerprint density at radius 3 is 2.87 bits per heavy atom. The third-order valence-electron chi connectivity index (χ3n) is 5.53. The third-order valence-corrected chi connectivity index (χ3v) is 6.68. The molecule has 0 aliphatic heterocycles. The highest BCUT2D eigenvalue weighted by atomic mass is 32.1. The molecule has 0 spiro atoms. The first-order valence-electron chi connectivity index (χ1n) is 10.2. The second-order valence-electron chi connectivity index (χ2n) is 8.08. The van der Waals surface area contributed by atoms with Gasteiger partial charge in [-0.15, -0.1) is 11.3 Å². The van der Waals surface area contributed by atoms with Crippen LogP contribution in [-0.2, 0) is 25.9 Å². The molecule has 3 aromatic rings. The standard InChI is InChI=1S/C22H25F2N3O3S/c1-12-4-6-14-17(8-12)31-21-19(14)20(28)25-18(26-21)11-27(2)10-13-5-7-15(30-22(23)24)16(9-13)29-3/h5,7,9,12,22H,4,6,8,10-11H2,1-3H3,(H,25,26,28)/t12-/m0/s1. The molecule has 2 heterocycles. The monoisotopic (exact) mass is 449 g/mol. The molecule has 0 bridgehead atoms. The maximum Gasteiger partial charge on any atom is 0.387 e. The van der Waals surface area contributed by atoms with Gasteiger partial charge in [-0.25, -0.2) is 4.98 Å². The summed E-state index contributed by atoms with van der Waals surface area (Å²) in [5.74, 6) is 1.49. The summed E-state index contributed by atoms with van der Waals surface area (Å²) < 4.78 is 34.6. The number of methoxy groups -OCH3 is 1. The van der Waals surface area contributed by atoms with Crippen LogP contribution in [0.4, 0.5) is 8.78 Å². The predicted molar refractivity (Wildman–Crippen MR) is 116 cm³/mol. The predicted octanol–water partition coefficient (Wildman–Crippen LogP) is 4.35. The molecular formula is C22H25F2N3O3S. The zero-order chi connectivity index (χ0) is 22.1. The van der Waals surface area contributed by atoms with E-state index in [1.807, 2.05) is 11.9 Å². The Labute approximate surface area is 182 Å². The number of hydrogen-bond acceptors (Lipinski definition) is 6. The van der Waals surface area contributed by atoms with E-state index in [9.17, 15) is 13.6 Å². The van der Waals surface area contributed by atoms with Gasteiger partial charge in [0, 0.05) is 11.4 Å². The van der Waals surface area contributed by atoms with Gasteiger partial charge in [-0.05, 0) is 55.5 Å². The van der Waals surface area contributed by atoms with Crippen molar-refractivity contribution in [3.63, 3.8) is 0 Å². The topological polar surface area (TPSA) is 67.5 Å². The number of aromatic nitrogens is 2. The average molecular weight is 450 g/mol. The van der Waals surface area contributed by atoms with Crippen LogP contribution in [0.25, 0.3) is 10.2 Å². The largest absolute Gasteiger partial charge is 0.493 e. The quantitative estimate of drug-likeness (QED) is 0.581. The number of aromatic amines is 1. The SMILES string of the molecule is COc1cc(CN(C)Cc2nc3sc4c(c3c(=O)[nH]2)CC[C@H](C)C4)ccc1OC(F)F. The fourth-order valence-electron chi connectivity index (χ4n) is 4.10. The van der Waals surface area contributed by atoms with Gasteiger partial charge < -0.3 is 14.5 Å². The highest BCUT2D eigenvalue weighted by Crippen LogP contribution is 2.35. The van der Waals surface area contributed by atoms with Crippen LogP contribution in [-0.4, -0.2) is 35.6 Å². The van der Waals surface area contributed by atoms with Gasteiger partial charge >= 0.3 is 6.61 Å². The van der Waals surface area contributed by atoms with E-state index < -0.39 is 6.61 Å². The van der Waals surface area contributed by atoms with Crippen molar-refractivity contribution >= 4 is 21.6 Å². The number of nitrogens with zero attached hydrogens (tertiary/aromatic N) is 2. The van der Waals surface area contributed by atoms with Crippen LogP contribution in [0.15, 0.2) is 23.0 Å². The summed E-state index contributed by atoms with van der Waals surface area (Å²) >= 11 is 1.63. The molecule has 6 nitrogen and oxygen atoms in total. The lowest BCUT2D eigenvalue weighted by Gasteiger charge is -2.18. The molecule has 1 aromatic carbocycles. The number of rotatable bonds is 7. The number of thiophene rings is 1. The number of ether oxygens (including phenoxy) is 2. The lowest BCUT2D eigenvalue weighted by Crippen LogP contribution is -2.22. The zero-order valence-electron chi connectivity index (χ0n) is 17.7. The van der Waals surface area contributed by atoms with Gasteiger partial charge in [0.1, 0.15) is 10.7 Å². The first kappa shape index (κ1) is 21.7. The van der Waals surface area contributed by atoms with Crippen LogP contribution in [0.1, 0.15) is 35.2 Å². The molecular weight excluding hydrogens is 424 g/mol. The van der Waals surface area contributed by atoms with E-state index in [2.05, 4.69) is 16.6 Å². The van der Waals surface area contributed by atoms with E-state index in [1.165, 1.54) is 23.6 Å². The number of aryl methyl sites for hydroxylation is 1. The Hall–Kier alpha value is -2.52. The first-order chi connectivity index (χ1) is 14.8. The van der Waals surface area contributed by atoms with Crippen molar-refractivity contribution < 1.29 is 18.3 Å². The van der Waals surface area contributed by atoms with Crippen molar-refractivity contribution in [3.05, 3.63) is 50.4 Å². The van der Waals surface area contributed by atoms with E-state index in [0.29, 0.717) is 24.8 Å². The molecule has 0 fully saturated rings. The van der Waals surface area contributed by atoms with E-state index in [-0.39, 0.29) is 17.1 Å². The van der Waals surface area contributed by atoms with Crippen LogP contribution in [0.5, 0.6) is 11.5 Å². The van der Waals surface area contributed by atoms with Gasteiger partial charge in [-0.1, -0.05) is 13.0 Å². The lowest BCUT2D eigenvalue weighted by atomic mass is 9.89. The number of nitrogens with one attached hydrogen (secondary N) is 1. The van der Waals surface area contributed by atoms with Gasteiger partial charge in [-0.2, -0.15) is 8.78 Å². The van der Waals surface area contributed by atoms with E-state index in [1.54, 1.807) is 23.5 Å². The fraction of sp³-hybridized carbons (Fsp3) is 0.455. The second-order valence-corrected chi connectivity index (χ2v) is 9.16. The summed E-state index contributed by atoms with van der Waals surface area (Å²) in [7, 11) is 3.31. The number of halogens is 2. The Morgan fingerprint density at radius 2 is 2.13 bits per heavy atom. The number of H-pyrrole nitrogens is 1. The molecule has 1 aliphatic carbocycles.